The third-order valence-corrected chi connectivity index (χ3v) is 7.22. The van der Waals surface area contributed by atoms with Crippen molar-refractivity contribution in [2.45, 2.75) is 80.6 Å². The minimum atomic E-state index is -0.682. The Morgan fingerprint density at radius 2 is 1.55 bits per heavy atom. The first-order valence-electron chi connectivity index (χ1n) is 8.93. The van der Waals surface area contributed by atoms with Gasteiger partial charge in [0, 0.05) is 19.0 Å². The average molecular weight is 306 g/mol. The van der Waals surface area contributed by atoms with Gasteiger partial charge in [0.05, 0.1) is 16.7 Å². The van der Waals surface area contributed by atoms with Crippen LogP contribution in [0.25, 0.3) is 0 Å². The molecule has 0 aromatic heterocycles. The average Bonchev–Trinajstić information content (AvgIpc) is 2.94. The number of hydrogen-bond acceptors (Lipinski definition) is 3. The lowest BCUT2D eigenvalue weighted by Crippen LogP contribution is -2.67. The number of aliphatic hydroxyl groups is 2. The fraction of sp³-hybridized carbons (Fsp3) is 0.941. The molecule has 5 aliphatic carbocycles. The Kier molecular flexibility index (Phi) is 2.47. The maximum atomic E-state index is 12.6. The fourth-order valence-electron chi connectivity index (χ4n) is 6.85. The molecule has 3 N–H and O–H groups in total. The van der Waals surface area contributed by atoms with E-state index >= 15 is 0 Å². The lowest BCUT2D eigenvalue weighted by molar-refractivity contribution is -0.218. The quantitative estimate of drug-likeness (QED) is 0.685. The molecular formula is C17H26N2O3. The first kappa shape index (κ1) is 13.6. The van der Waals surface area contributed by atoms with E-state index in [0.717, 1.165) is 45.1 Å². The molecule has 1 saturated heterocycles. The molecule has 5 nitrogen and oxygen atoms in total. The number of urea groups is 1. The van der Waals surface area contributed by atoms with E-state index in [2.05, 4.69) is 10.2 Å². The molecule has 5 saturated carbocycles. The summed E-state index contributed by atoms with van der Waals surface area (Å²) in [6, 6.07) is 0.319. The lowest BCUT2D eigenvalue weighted by Gasteiger charge is -2.62. The summed E-state index contributed by atoms with van der Waals surface area (Å²) in [7, 11) is 0. The van der Waals surface area contributed by atoms with Crippen molar-refractivity contribution in [2.75, 3.05) is 6.54 Å². The topological polar surface area (TPSA) is 72.8 Å². The number of hydrogen-bond donors (Lipinski definition) is 3. The predicted octanol–water partition coefficient (Wildman–Crippen LogP) is 1.38. The molecule has 6 rings (SSSR count). The molecular weight excluding hydrogens is 280 g/mol. The number of carbonyl (C=O) groups is 1. The summed E-state index contributed by atoms with van der Waals surface area (Å²) < 4.78 is 0. The van der Waals surface area contributed by atoms with Gasteiger partial charge in [0.1, 0.15) is 0 Å². The highest BCUT2D eigenvalue weighted by molar-refractivity contribution is 5.78. The SMILES string of the molecule is O=C1NC2(CCCC2)CN1C1C2CC3(O)CC1CC(O)(C2)C3. The zero-order valence-electron chi connectivity index (χ0n) is 13.1. The fourth-order valence-corrected chi connectivity index (χ4v) is 6.85. The Morgan fingerprint density at radius 1 is 1.00 bits per heavy atom. The minimum absolute atomic E-state index is 0.0134. The van der Waals surface area contributed by atoms with Crippen LogP contribution < -0.4 is 5.32 Å². The molecule has 2 amide bonds. The molecule has 5 heteroatoms. The van der Waals surface area contributed by atoms with Crippen molar-refractivity contribution in [2.24, 2.45) is 11.8 Å². The van der Waals surface area contributed by atoms with Gasteiger partial charge in [-0.15, -0.1) is 0 Å². The summed E-state index contributed by atoms with van der Waals surface area (Å²) in [5, 5.41) is 24.7. The van der Waals surface area contributed by atoms with Gasteiger partial charge in [0.15, 0.2) is 0 Å². The van der Waals surface area contributed by atoms with Crippen LogP contribution in [0.2, 0.25) is 0 Å². The molecule has 0 radical (unpaired) electrons. The highest BCUT2D eigenvalue weighted by Gasteiger charge is 2.63. The van der Waals surface area contributed by atoms with Crippen LogP contribution >= 0.6 is 0 Å². The van der Waals surface area contributed by atoms with Crippen LogP contribution in [-0.4, -0.2) is 50.5 Å². The molecule has 22 heavy (non-hydrogen) atoms. The first-order valence-corrected chi connectivity index (χ1v) is 8.93. The molecule has 6 fully saturated rings. The van der Waals surface area contributed by atoms with E-state index in [1.807, 2.05) is 0 Å². The van der Waals surface area contributed by atoms with E-state index in [1.54, 1.807) is 0 Å². The molecule has 6 aliphatic rings. The highest BCUT2D eigenvalue weighted by atomic mass is 16.3. The van der Waals surface area contributed by atoms with Crippen molar-refractivity contribution in [3.05, 3.63) is 0 Å². The summed E-state index contributed by atoms with van der Waals surface area (Å²) in [5.41, 5.74) is -1.35. The zero-order valence-corrected chi connectivity index (χ0v) is 13.1. The second kappa shape index (κ2) is 3.99. The van der Waals surface area contributed by atoms with Crippen molar-refractivity contribution in [1.29, 1.82) is 0 Å². The standard InChI is InChI=1S/C17H26N2O3/c20-14-18-15(3-1-2-4-15)10-19(14)13-11-5-16(21)7-12(13)8-17(22,6-11)9-16/h11-13,21-22H,1-10H2,(H,18,20). The molecule has 1 spiro atoms. The molecule has 0 atom stereocenters. The monoisotopic (exact) mass is 306 g/mol. The third-order valence-electron chi connectivity index (χ3n) is 7.22. The van der Waals surface area contributed by atoms with Crippen molar-refractivity contribution >= 4 is 6.03 Å². The van der Waals surface area contributed by atoms with Gasteiger partial charge in [-0.1, -0.05) is 12.8 Å². The van der Waals surface area contributed by atoms with Crippen LogP contribution in [0.15, 0.2) is 0 Å². The van der Waals surface area contributed by atoms with E-state index in [1.165, 1.54) is 12.8 Å². The normalized spacial score (nSPS) is 51.8. The van der Waals surface area contributed by atoms with Gasteiger partial charge in [0.2, 0.25) is 0 Å². The maximum absolute atomic E-state index is 12.6. The number of amides is 2. The molecule has 4 bridgehead atoms. The van der Waals surface area contributed by atoms with Crippen LogP contribution in [0.4, 0.5) is 4.79 Å². The van der Waals surface area contributed by atoms with Crippen LogP contribution in [0.3, 0.4) is 0 Å². The summed E-state index contributed by atoms with van der Waals surface area (Å²) in [6.07, 6.45) is 8.20. The number of nitrogens with one attached hydrogen (secondary N) is 1. The Bertz CT molecular complexity index is 492. The van der Waals surface area contributed by atoms with E-state index in [9.17, 15) is 15.0 Å². The van der Waals surface area contributed by atoms with Crippen molar-refractivity contribution in [1.82, 2.24) is 10.2 Å². The van der Waals surface area contributed by atoms with Crippen molar-refractivity contribution in [3.63, 3.8) is 0 Å². The van der Waals surface area contributed by atoms with Gasteiger partial charge in [-0.05, 0) is 50.4 Å². The van der Waals surface area contributed by atoms with Gasteiger partial charge in [-0.2, -0.15) is 0 Å². The molecule has 122 valence electrons. The van der Waals surface area contributed by atoms with Gasteiger partial charge in [-0.3, -0.25) is 0 Å². The second-order valence-corrected chi connectivity index (χ2v) is 9.00. The molecule has 0 aromatic rings. The molecule has 0 unspecified atom stereocenters. The number of rotatable bonds is 1. The minimum Gasteiger partial charge on any atom is -0.390 e. The van der Waals surface area contributed by atoms with Crippen LogP contribution in [0.1, 0.15) is 57.8 Å². The van der Waals surface area contributed by atoms with E-state index < -0.39 is 11.2 Å². The Hall–Kier alpha value is -0.810. The zero-order chi connectivity index (χ0) is 15.2. The second-order valence-electron chi connectivity index (χ2n) is 9.00. The van der Waals surface area contributed by atoms with E-state index in [-0.39, 0.29) is 29.4 Å². The highest BCUT2D eigenvalue weighted by Crippen LogP contribution is 2.59. The predicted molar refractivity (Wildman–Crippen MR) is 80.2 cm³/mol. The smallest absolute Gasteiger partial charge is 0.318 e. The summed E-state index contributed by atoms with van der Waals surface area (Å²) in [4.78, 5) is 14.7. The van der Waals surface area contributed by atoms with E-state index in [0.29, 0.717) is 6.42 Å². The van der Waals surface area contributed by atoms with Crippen molar-refractivity contribution in [3.8, 4) is 0 Å². The largest absolute Gasteiger partial charge is 0.390 e. The summed E-state index contributed by atoms with van der Waals surface area (Å²) in [6.45, 7) is 0.834. The number of carbonyl (C=O) groups excluding carboxylic acids is 1. The van der Waals surface area contributed by atoms with Crippen LogP contribution in [0, 0.1) is 11.8 Å². The van der Waals surface area contributed by atoms with Crippen molar-refractivity contribution < 1.29 is 15.0 Å². The maximum Gasteiger partial charge on any atom is 0.318 e. The Labute approximate surface area is 131 Å². The molecule has 1 heterocycles. The van der Waals surface area contributed by atoms with Gasteiger partial charge < -0.3 is 20.4 Å². The third kappa shape index (κ3) is 1.75. The number of nitrogens with zero attached hydrogens (tertiary/aromatic N) is 1. The Morgan fingerprint density at radius 3 is 2.09 bits per heavy atom. The molecule has 1 aliphatic heterocycles. The van der Waals surface area contributed by atoms with Gasteiger partial charge >= 0.3 is 6.03 Å². The Balaban J connectivity index is 1.44. The summed E-state index contributed by atoms with van der Waals surface area (Å²) in [5.74, 6) is 0.525. The van der Waals surface area contributed by atoms with Crippen LogP contribution in [0.5, 0.6) is 0 Å². The molecule has 0 aromatic carbocycles. The summed E-state index contributed by atoms with van der Waals surface area (Å²) >= 11 is 0. The first-order chi connectivity index (χ1) is 10.4. The van der Waals surface area contributed by atoms with Gasteiger partial charge in [0.25, 0.3) is 0 Å². The van der Waals surface area contributed by atoms with E-state index in [4.69, 9.17) is 0 Å². The lowest BCUT2D eigenvalue weighted by atomic mass is 9.50. The van der Waals surface area contributed by atoms with Gasteiger partial charge in [-0.25, -0.2) is 4.79 Å². The van der Waals surface area contributed by atoms with Crippen LogP contribution in [-0.2, 0) is 0 Å².